The monoisotopic (exact) mass is 410 g/mol. The Bertz CT molecular complexity index is 829. The van der Waals surface area contributed by atoms with Gasteiger partial charge in [0.25, 0.3) is 5.91 Å². The number of hydrogen-bond acceptors (Lipinski definition) is 6. The number of carbonyl (C=O) groups excluding carboxylic acids is 1. The molecule has 0 unspecified atom stereocenters. The fourth-order valence-corrected chi connectivity index (χ4v) is 4.22. The number of benzene rings is 1. The molecule has 1 amide bonds. The van der Waals surface area contributed by atoms with Crippen molar-refractivity contribution < 1.29 is 14.6 Å². The van der Waals surface area contributed by atoms with Gasteiger partial charge >= 0.3 is 0 Å². The van der Waals surface area contributed by atoms with E-state index >= 15 is 0 Å². The van der Waals surface area contributed by atoms with Crippen LogP contribution in [0.1, 0.15) is 28.8 Å². The van der Waals surface area contributed by atoms with Crippen molar-refractivity contribution in [1.82, 2.24) is 15.2 Å². The van der Waals surface area contributed by atoms with Crippen molar-refractivity contribution in [3.05, 3.63) is 53.7 Å². The number of hydrogen-bond donors (Lipinski definition) is 2. The summed E-state index contributed by atoms with van der Waals surface area (Å²) in [6.07, 6.45) is 4.67. The van der Waals surface area contributed by atoms with Crippen molar-refractivity contribution >= 4 is 11.7 Å². The highest BCUT2D eigenvalue weighted by atomic mass is 16.5. The third-order valence-corrected chi connectivity index (χ3v) is 5.99. The fourth-order valence-electron chi connectivity index (χ4n) is 4.22. The number of carbonyl (C=O) groups is 1. The Morgan fingerprint density at radius 3 is 2.57 bits per heavy atom. The van der Waals surface area contributed by atoms with E-state index in [1.165, 1.54) is 0 Å². The van der Waals surface area contributed by atoms with Crippen molar-refractivity contribution in [3.8, 4) is 5.75 Å². The van der Waals surface area contributed by atoms with Crippen molar-refractivity contribution in [2.45, 2.75) is 25.3 Å². The zero-order valence-electron chi connectivity index (χ0n) is 17.3. The second-order valence-electron chi connectivity index (χ2n) is 7.94. The molecule has 2 aliphatic rings. The van der Waals surface area contributed by atoms with Gasteiger partial charge in [-0.15, -0.1) is 0 Å². The molecule has 2 saturated heterocycles. The van der Waals surface area contributed by atoms with Crippen LogP contribution < -0.4 is 10.2 Å². The largest absolute Gasteiger partial charge is 0.508 e. The number of pyridine rings is 1. The second-order valence-corrected chi connectivity index (χ2v) is 7.94. The van der Waals surface area contributed by atoms with Crippen LogP contribution in [0.3, 0.4) is 0 Å². The third-order valence-electron chi connectivity index (χ3n) is 5.99. The van der Waals surface area contributed by atoms with Gasteiger partial charge in [0, 0.05) is 50.5 Å². The summed E-state index contributed by atoms with van der Waals surface area (Å²) in [6, 6.07) is 11.3. The molecule has 2 N–H and O–H groups in total. The summed E-state index contributed by atoms with van der Waals surface area (Å²) in [7, 11) is 0. The van der Waals surface area contributed by atoms with Crippen LogP contribution in [0.5, 0.6) is 5.75 Å². The summed E-state index contributed by atoms with van der Waals surface area (Å²) in [5, 5.41) is 12.3. The van der Waals surface area contributed by atoms with Gasteiger partial charge < -0.3 is 20.1 Å². The molecule has 1 aromatic carbocycles. The van der Waals surface area contributed by atoms with Crippen LogP contribution in [0.25, 0.3) is 0 Å². The highest BCUT2D eigenvalue weighted by molar-refractivity contribution is 5.94. The van der Waals surface area contributed by atoms with Crippen LogP contribution in [-0.4, -0.2) is 72.9 Å². The Morgan fingerprint density at radius 2 is 1.83 bits per heavy atom. The molecule has 7 nitrogen and oxygen atoms in total. The van der Waals surface area contributed by atoms with E-state index in [-0.39, 0.29) is 11.7 Å². The summed E-state index contributed by atoms with van der Waals surface area (Å²) >= 11 is 0. The number of phenols is 1. The molecule has 4 rings (SSSR count). The van der Waals surface area contributed by atoms with E-state index in [1.807, 2.05) is 18.2 Å². The highest BCUT2D eigenvalue weighted by Gasteiger charge is 2.26. The average Bonchev–Trinajstić information content (AvgIpc) is 2.81. The highest BCUT2D eigenvalue weighted by Crippen LogP contribution is 2.22. The number of nitrogens with one attached hydrogen (secondary N) is 1. The van der Waals surface area contributed by atoms with Crippen molar-refractivity contribution in [3.63, 3.8) is 0 Å². The minimum Gasteiger partial charge on any atom is -0.508 e. The number of anilines is 1. The maximum Gasteiger partial charge on any atom is 0.251 e. The lowest BCUT2D eigenvalue weighted by molar-refractivity contribution is 0.0115. The molecule has 160 valence electrons. The topological polar surface area (TPSA) is 77.9 Å². The molecule has 0 aliphatic carbocycles. The molecule has 2 aliphatic heterocycles. The number of rotatable bonds is 6. The van der Waals surface area contributed by atoms with E-state index in [9.17, 15) is 9.90 Å². The quantitative estimate of drug-likeness (QED) is 0.759. The SMILES string of the molecule is O=C(NCCc1ccc(O)cc1)c1ccnc(N2CCC(N3CCOCC3)CC2)c1. The molecular weight excluding hydrogens is 380 g/mol. The summed E-state index contributed by atoms with van der Waals surface area (Å²) in [5.74, 6) is 1.04. The molecule has 30 heavy (non-hydrogen) atoms. The number of aromatic hydroxyl groups is 1. The third kappa shape index (κ3) is 5.29. The Balaban J connectivity index is 1.28. The van der Waals surface area contributed by atoms with Crippen molar-refractivity contribution in [1.29, 1.82) is 0 Å². The van der Waals surface area contributed by atoms with Gasteiger partial charge in [0.2, 0.25) is 0 Å². The number of amides is 1. The van der Waals surface area contributed by atoms with Crippen molar-refractivity contribution in [2.75, 3.05) is 50.8 Å². The molecule has 1 aromatic heterocycles. The summed E-state index contributed by atoms with van der Waals surface area (Å²) < 4.78 is 5.46. The minimum absolute atomic E-state index is 0.0827. The number of nitrogens with zero attached hydrogens (tertiary/aromatic N) is 3. The zero-order chi connectivity index (χ0) is 20.8. The summed E-state index contributed by atoms with van der Waals surface area (Å²) in [4.78, 5) is 21.9. The molecule has 0 saturated carbocycles. The Morgan fingerprint density at radius 1 is 1.10 bits per heavy atom. The molecule has 2 fully saturated rings. The van der Waals surface area contributed by atoms with Crippen LogP contribution >= 0.6 is 0 Å². The number of aromatic nitrogens is 1. The van der Waals surface area contributed by atoms with Gasteiger partial charge in [-0.25, -0.2) is 4.98 Å². The molecule has 0 radical (unpaired) electrons. The van der Waals surface area contributed by atoms with Crippen LogP contribution in [0, 0.1) is 0 Å². The van der Waals surface area contributed by atoms with Crippen molar-refractivity contribution in [2.24, 2.45) is 0 Å². The first-order chi connectivity index (χ1) is 14.7. The van der Waals surface area contributed by atoms with E-state index in [1.54, 1.807) is 24.4 Å². The minimum atomic E-state index is -0.0827. The summed E-state index contributed by atoms with van der Waals surface area (Å²) in [5.41, 5.74) is 1.72. The van der Waals surface area contributed by atoms with Crippen LogP contribution in [0.2, 0.25) is 0 Å². The molecule has 0 spiro atoms. The van der Waals surface area contributed by atoms with Gasteiger partial charge in [0.15, 0.2) is 0 Å². The number of piperidine rings is 1. The van der Waals surface area contributed by atoms with E-state index in [4.69, 9.17) is 4.74 Å². The molecule has 3 heterocycles. The standard InChI is InChI=1S/C23H30N4O3/c28-21-3-1-18(2-4-21)5-9-25-23(29)19-6-10-24-22(17-19)27-11-7-20(8-12-27)26-13-15-30-16-14-26/h1-4,6,10,17,20,28H,5,7-9,11-16H2,(H,25,29). The van der Waals surface area contributed by atoms with E-state index < -0.39 is 0 Å². The van der Waals surface area contributed by atoms with Gasteiger partial charge in [-0.3, -0.25) is 9.69 Å². The van der Waals surface area contributed by atoms with Gasteiger partial charge in [-0.05, 0) is 49.1 Å². The van der Waals surface area contributed by atoms with E-state index in [2.05, 4.69) is 20.1 Å². The smallest absolute Gasteiger partial charge is 0.251 e. The van der Waals surface area contributed by atoms with Gasteiger partial charge in [-0.1, -0.05) is 12.1 Å². The average molecular weight is 411 g/mol. The van der Waals surface area contributed by atoms with Crippen LogP contribution in [-0.2, 0) is 11.2 Å². The molecular formula is C23H30N4O3. The van der Waals surface area contributed by atoms with E-state index in [0.717, 1.165) is 70.0 Å². The predicted molar refractivity (Wildman–Crippen MR) is 116 cm³/mol. The molecule has 0 bridgehead atoms. The fraction of sp³-hybridized carbons (Fsp3) is 0.478. The van der Waals surface area contributed by atoms with Gasteiger partial charge in [-0.2, -0.15) is 0 Å². The Hall–Kier alpha value is -2.64. The Kier molecular flexibility index (Phi) is 6.81. The maximum absolute atomic E-state index is 12.6. The number of ether oxygens (including phenoxy) is 1. The molecule has 7 heteroatoms. The van der Waals surface area contributed by atoms with Crippen LogP contribution in [0.15, 0.2) is 42.6 Å². The second kappa shape index (κ2) is 9.91. The lowest BCUT2D eigenvalue weighted by atomic mass is 10.0. The molecule has 2 aromatic rings. The first kappa shape index (κ1) is 20.6. The number of morpholine rings is 1. The van der Waals surface area contributed by atoms with Crippen LogP contribution in [0.4, 0.5) is 5.82 Å². The maximum atomic E-state index is 12.6. The lowest BCUT2D eigenvalue weighted by Gasteiger charge is -2.40. The van der Waals surface area contributed by atoms with Gasteiger partial charge in [0.05, 0.1) is 13.2 Å². The summed E-state index contributed by atoms with van der Waals surface area (Å²) in [6.45, 7) is 6.21. The molecule has 0 atom stereocenters. The van der Waals surface area contributed by atoms with Gasteiger partial charge in [0.1, 0.15) is 11.6 Å². The van der Waals surface area contributed by atoms with E-state index in [0.29, 0.717) is 18.2 Å². The first-order valence-corrected chi connectivity index (χ1v) is 10.8. The predicted octanol–water partition coefficient (Wildman–Crippen LogP) is 2.06. The first-order valence-electron chi connectivity index (χ1n) is 10.8. The lowest BCUT2D eigenvalue weighted by Crippen LogP contribution is -2.49. The zero-order valence-corrected chi connectivity index (χ0v) is 17.3. The number of phenolic OH excluding ortho intramolecular Hbond substituents is 1. The Labute approximate surface area is 177 Å². The normalized spacial score (nSPS) is 18.3.